The van der Waals surface area contributed by atoms with E-state index in [-0.39, 0.29) is 54.4 Å². The normalized spacial score (nSPS) is 21.8. The fourth-order valence-corrected chi connectivity index (χ4v) is 6.08. The number of carbonyl (C=O) groups excluding carboxylic acids is 1. The molecule has 4 rings (SSSR count). The van der Waals surface area contributed by atoms with Crippen LogP contribution in [-0.2, 0) is 17.3 Å². The zero-order valence-corrected chi connectivity index (χ0v) is 26.6. The average molecular weight is 657 g/mol. The van der Waals surface area contributed by atoms with E-state index in [9.17, 15) is 22.4 Å². The number of methoxy groups -OCH3 is 1. The molecule has 2 heterocycles. The van der Waals surface area contributed by atoms with Gasteiger partial charge in [0.1, 0.15) is 0 Å². The summed E-state index contributed by atoms with van der Waals surface area (Å²) in [6.07, 6.45) is -2.13. The van der Waals surface area contributed by atoms with Gasteiger partial charge in [-0.25, -0.2) is 4.39 Å². The highest BCUT2D eigenvalue weighted by Gasteiger charge is 2.35. The summed E-state index contributed by atoms with van der Waals surface area (Å²) in [6, 6.07) is 7.82. The van der Waals surface area contributed by atoms with E-state index in [1.54, 1.807) is 23.3 Å². The number of carbonyl (C=O) groups is 1. The van der Waals surface area contributed by atoms with Crippen LogP contribution in [-0.4, -0.2) is 98.0 Å². The van der Waals surface area contributed by atoms with Crippen LogP contribution in [0.5, 0.6) is 5.75 Å². The zero-order chi connectivity index (χ0) is 29.0. The average Bonchev–Trinajstić information content (AvgIpc) is 2.91. The first-order valence-corrected chi connectivity index (χ1v) is 14.7. The lowest BCUT2D eigenvalue weighted by molar-refractivity contribution is -0.137. The molecule has 1 amide bonds. The maximum atomic E-state index is 14.1. The summed E-state index contributed by atoms with van der Waals surface area (Å²) in [7, 11) is 1.39. The third-order valence-electron chi connectivity index (χ3n) is 7.46. The van der Waals surface area contributed by atoms with Crippen molar-refractivity contribution < 1.29 is 31.8 Å². The minimum absolute atomic E-state index is 0. The maximum Gasteiger partial charge on any atom is 0.416 e. The Labute approximate surface area is 261 Å². The predicted molar refractivity (Wildman–Crippen MR) is 162 cm³/mol. The van der Waals surface area contributed by atoms with Gasteiger partial charge in [-0.2, -0.15) is 13.2 Å². The largest absolute Gasteiger partial charge is 0.494 e. The van der Waals surface area contributed by atoms with Crippen molar-refractivity contribution >= 4 is 42.5 Å². The topological polar surface area (TPSA) is 45.2 Å². The Balaban J connectivity index is 0.00000308. The summed E-state index contributed by atoms with van der Waals surface area (Å²) in [5.41, 5.74) is -0.0340. The van der Waals surface area contributed by atoms with Crippen molar-refractivity contribution in [1.82, 2.24) is 14.7 Å². The van der Waals surface area contributed by atoms with Gasteiger partial charge in [0.05, 0.1) is 24.9 Å². The third-order valence-corrected chi connectivity index (χ3v) is 8.17. The summed E-state index contributed by atoms with van der Waals surface area (Å²) in [5.74, 6) is -0.802. The van der Waals surface area contributed by atoms with Crippen molar-refractivity contribution in [2.24, 2.45) is 0 Å². The van der Waals surface area contributed by atoms with Crippen LogP contribution in [0.25, 0.3) is 0 Å². The Morgan fingerprint density at radius 3 is 2.29 bits per heavy atom. The molecular weight excluding hydrogens is 617 g/mol. The predicted octanol–water partition coefficient (Wildman–Crippen LogP) is 5.90. The molecule has 13 heteroatoms. The van der Waals surface area contributed by atoms with Crippen LogP contribution in [0, 0.1) is 5.82 Å². The lowest BCUT2D eigenvalue weighted by Crippen LogP contribution is -2.57. The Hall–Kier alpha value is -1.76. The Bertz CT molecular complexity index is 1180. The quantitative estimate of drug-likeness (QED) is 0.261. The van der Waals surface area contributed by atoms with Gasteiger partial charge < -0.3 is 14.4 Å². The molecule has 2 saturated heterocycles. The molecule has 6 nitrogen and oxygen atoms in total. The molecule has 42 heavy (non-hydrogen) atoms. The number of alkyl halides is 3. The first-order chi connectivity index (χ1) is 19.0. The number of rotatable bonds is 8. The SMILES string of the molecule is COc1cc(C[C@@H]2CN(CCN3CC(C)OC(C)C3)CCN2C(=O)c2cc(SC)cc(C(F)(F)F)c2)ccc1F.Cl.Cl. The number of hydrogen-bond acceptors (Lipinski definition) is 6. The highest BCUT2D eigenvalue weighted by Crippen LogP contribution is 2.33. The maximum absolute atomic E-state index is 14.1. The van der Waals surface area contributed by atoms with Crippen LogP contribution in [0.15, 0.2) is 41.3 Å². The number of morpholine rings is 1. The molecule has 0 spiro atoms. The van der Waals surface area contributed by atoms with Gasteiger partial charge in [-0.1, -0.05) is 6.07 Å². The zero-order valence-electron chi connectivity index (χ0n) is 24.2. The monoisotopic (exact) mass is 655 g/mol. The van der Waals surface area contributed by atoms with E-state index in [1.807, 2.05) is 0 Å². The van der Waals surface area contributed by atoms with Gasteiger partial charge in [0.25, 0.3) is 5.91 Å². The second-order valence-corrected chi connectivity index (χ2v) is 11.5. The van der Waals surface area contributed by atoms with Crippen LogP contribution < -0.4 is 4.74 Å². The van der Waals surface area contributed by atoms with E-state index in [2.05, 4.69) is 23.6 Å². The smallest absolute Gasteiger partial charge is 0.416 e. The van der Waals surface area contributed by atoms with Gasteiger partial charge in [0, 0.05) is 62.3 Å². The van der Waals surface area contributed by atoms with Gasteiger partial charge in [0.15, 0.2) is 11.6 Å². The first-order valence-electron chi connectivity index (χ1n) is 13.5. The Kier molecular flexibility index (Phi) is 13.7. The van der Waals surface area contributed by atoms with E-state index in [0.717, 1.165) is 55.6 Å². The molecule has 2 aromatic rings. The van der Waals surface area contributed by atoms with Crippen LogP contribution in [0.3, 0.4) is 0 Å². The molecule has 2 unspecified atom stereocenters. The minimum atomic E-state index is -4.56. The van der Waals surface area contributed by atoms with Crippen LogP contribution in [0.2, 0.25) is 0 Å². The molecule has 2 aliphatic rings. The lowest BCUT2D eigenvalue weighted by atomic mass is 9.99. The van der Waals surface area contributed by atoms with Crippen molar-refractivity contribution in [1.29, 1.82) is 0 Å². The van der Waals surface area contributed by atoms with Crippen LogP contribution in [0.4, 0.5) is 17.6 Å². The number of benzene rings is 2. The fourth-order valence-electron chi connectivity index (χ4n) is 5.59. The second-order valence-electron chi connectivity index (χ2n) is 10.6. The van der Waals surface area contributed by atoms with Gasteiger partial charge in [0.2, 0.25) is 0 Å². The molecule has 2 aliphatic heterocycles. The second kappa shape index (κ2) is 15.8. The first kappa shape index (κ1) is 36.4. The summed E-state index contributed by atoms with van der Waals surface area (Å²) < 4.78 is 65.9. The molecule has 0 N–H and O–H groups in total. The Morgan fingerprint density at radius 1 is 1.00 bits per heavy atom. The molecule has 236 valence electrons. The number of amides is 1. The van der Waals surface area contributed by atoms with Crippen LogP contribution in [0.1, 0.15) is 35.3 Å². The summed E-state index contributed by atoms with van der Waals surface area (Å²) in [5, 5.41) is 0. The van der Waals surface area contributed by atoms with Crippen molar-refractivity contribution in [2.75, 3.05) is 59.2 Å². The van der Waals surface area contributed by atoms with Gasteiger partial charge in [-0.05, 0) is 62.4 Å². The van der Waals surface area contributed by atoms with Gasteiger partial charge in [-0.15, -0.1) is 36.6 Å². The summed E-state index contributed by atoms with van der Waals surface area (Å²) in [4.78, 5) is 20.5. The molecule has 0 bridgehead atoms. The third kappa shape index (κ3) is 9.37. The number of thioether (sulfide) groups is 1. The molecule has 0 aliphatic carbocycles. The Morgan fingerprint density at radius 2 is 1.67 bits per heavy atom. The highest BCUT2D eigenvalue weighted by atomic mass is 35.5. The molecule has 0 aromatic heterocycles. The van der Waals surface area contributed by atoms with Crippen LogP contribution >= 0.6 is 36.6 Å². The van der Waals surface area contributed by atoms with Crippen molar-refractivity contribution in [3.05, 3.63) is 58.9 Å². The summed E-state index contributed by atoms with van der Waals surface area (Å²) >= 11 is 1.16. The fraction of sp³-hybridized carbons (Fsp3) is 0.552. The lowest BCUT2D eigenvalue weighted by Gasteiger charge is -2.43. The number of halogens is 6. The molecule has 0 radical (unpaired) electrons. The van der Waals surface area contributed by atoms with E-state index in [0.29, 0.717) is 31.0 Å². The minimum Gasteiger partial charge on any atom is -0.494 e. The van der Waals surface area contributed by atoms with E-state index in [1.165, 1.54) is 19.2 Å². The molecular formula is C29H39Cl2F4N3O3S. The van der Waals surface area contributed by atoms with Gasteiger partial charge >= 0.3 is 6.18 Å². The summed E-state index contributed by atoms with van der Waals surface area (Å²) in [6.45, 7) is 9.03. The van der Waals surface area contributed by atoms with E-state index < -0.39 is 23.5 Å². The highest BCUT2D eigenvalue weighted by molar-refractivity contribution is 7.98. The van der Waals surface area contributed by atoms with Crippen molar-refractivity contribution in [3.8, 4) is 5.75 Å². The van der Waals surface area contributed by atoms with E-state index >= 15 is 0 Å². The number of ether oxygens (including phenoxy) is 2. The van der Waals surface area contributed by atoms with Crippen molar-refractivity contribution in [2.45, 2.75) is 49.6 Å². The molecule has 0 saturated carbocycles. The molecule has 2 fully saturated rings. The molecule has 2 aromatic carbocycles. The standard InChI is InChI=1S/C29H37F4N3O3S.2ClH/c1-19-16-35(17-20(2)39-19)8-7-34-9-10-36(24(18-34)11-21-5-6-26(30)27(12-21)38-3)28(37)22-13-23(29(31,32)33)15-25(14-22)40-4;;/h5-6,12-15,19-20,24H,7-11,16-18H2,1-4H3;2*1H/t19?,20?,24-;;/m1../s1. The van der Waals surface area contributed by atoms with E-state index in [4.69, 9.17) is 9.47 Å². The number of nitrogens with zero attached hydrogens (tertiary/aromatic N) is 3. The number of hydrogen-bond donors (Lipinski definition) is 0. The molecule has 3 atom stereocenters. The van der Waals surface area contributed by atoms with Gasteiger partial charge in [-0.3, -0.25) is 14.6 Å². The van der Waals surface area contributed by atoms with Crippen molar-refractivity contribution in [3.63, 3.8) is 0 Å². The number of piperazine rings is 1.